The summed E-state index contributed by atoms with van der Waals surface area (Å²) in [7, 11) is 1.57. The van der Waals surface area contributed by atoms with Gasteiger partial charge in [0.15, 0.2) is 5.69 Å². The first kappa shape index (κ1) is 17.9. The van der Waals surface area contributed by atoms with Crippen LogP contribution in [-0.2, 0) is 0 Å². The van der Waals surface area contributed by atoms with Gasteiger partial charge < -0.3 is 14.7 Å². The SMILES string of the molecule is Cc1c(C(=O)N(C)c2cc3cc(C(C)O)ccc3o2)nc2ccccc2[n+]1[O-]. The molecular formula is C21H19N3O4. The predicted molar refractivity (Wildman–Crippen MR) is 105 cm³/mol. The molecule has 2 aromatic carbocycles. The molecule has 0 radical (unpaired) electrons. The fraction of sp³-hybridized carbons (Fsp3) is 0.190. The molecule has 1 atom stereocenters. The van der Waals surface area contributed by atoms with Crippen molar-refractivity contribution in [3.8, 4) is 0 Å². The summed E-state index contributed by atoms with van der Waals surface area (Å²) < 4.78 is 6.49. The van der Waals surface area contributed by atoms with E-state index in [0.717, 1.165) is 15.7 Å². The molecule has 28 heavy (non-hydrogen) atoms. The van der Waals surface area contributed by atoms with Gasteiger partial charge in [0.1, 0.15) is 11.1 Å². The first-order valence-corrected chi connectivity index (χ1v) is 8.85. The van der Waals surface area contributed by atoms with Crippen LogP contribution >= 0.6 is 0 Å². The highest BCUT2D eigenvalue weighted by Gasteiger charge is 2.26. The van der Waals surface area contributed by atoms with Crippen molar-refractivity contribution in [1.29, 1.82) is 0 Å². The Balaban J connectivity index is 1.75. The summed E-state index contributed by atoms with van der Waals surface area (Å²) in [5.74, 6) is -0.114. The van der Waals surface area contributed by atoms with Gasteiger partial charge in [0.2, 0.25) is 17.1 Å². The summed E-state index contributed by atoms with van der Waals surface area (Å²) in [4.78, 5) is 18.7. The van der Waals surface area contributed by atoms with Crippen LogP contribution in [0.1, 0.15) is 34.8 Å². The molecule has 7 heteroatoms. The molecule has 0 saturated heterocycles. The van der Waals surface area contributed by atoms with E-state index in [0.29, 0.717) is 22.5 Å². The van der Waals surface area contributed by atoms with E-state index in [1.165, 1.54) is 4.90 Å². The van der Waals surface area contributed by atoms with E-state index < -0.39 is 12.0 Å². The minimum atomic E-state index is -0.598. The molecule has 1 amide bonds. The molecule has 2 aromatic heterocycles. The molecule has 142 valence electrons. The number of aliphatic hydroxyl groups excluding tert-OH is 1. The van der Waals surface area contributed by atoms with Crippen molar-refractivity contribution in [1.82, 2.24) is 4.98 Å². The van der Waals surface area contributed by atoms with Gasteiger partial charge in [-0.05, 0) is 30.7 Å². The van der Waals surface area contributed by atoms with Gasteiger partial charge in [0, 0.05) is 31.5 Å². The van der Waals surface area contributed by atoms with Gasteiger partial charge in [-0.1, -0.05) is 18.2 Å². The Labute approximate surface area is 161 Å². The van der Waals surface area contributed by atoms with Crippen LogP contribution in [0.3, 0.4) is 0 Å². The molecule has 1 N–H and O–H groups in total. The molecule has 0 saturated carbocycles. The van der Waals surface area contributed by atoms with Gasteiger partial charge in [-0.2, -0.15) is 4.73 Å². The number of hydrogen-bond donors (Lipinski definition) is 1. The number of furan rings is 1. The van der Waals surface area contributed by atoms with Gasteiger partial charge in [-0.25, -0.2) is 4.98 Å². The van der Waals surface area contributed by atoms with Gasteiger partial charge >= 0.3 is 0 Å². The van der Waals surface area contributed by atoms with Crippen molar-refractivity contribution < 1.29 is 19.0 Å². The number of nitrogens with zero attached hydrogens (tertiary/aromatic N) is 3. The van der Waals surface area contributed by atoms with Crippen LogP contribution in [0, 0.1) is 12.1 Å². The van der Waals surface area contributed by atoms with Gasteiger partial charge in [0.25, 0.3) is 5.91 Å². The molecule has 7 nitrogen and oxygen atoms in total. The molecule has 0 aliphatic carbocycles. The van der Waals surface area contributed by atoms with Crippen molar-refractivity contribution in [3.05, 3.63) is 70.7 Å². The van der Waals surface area contributed by atoms with Crippen molar-refractivity contribution in [2.24, 2.45) is 0 Å². The number of fused-ring (bicyclic) bond motifs is 2. The number of benzene rings is 2. The zero-order valence-electron chi connectivity index (χ0n) is 15.7. The molecule has 0 aliphatic rings. The maximum Gasteiger partial charge on any atom is 0.285 e. The highest BCUT2D eigenvalue weighted by molar-refractivity contribution is 6.05. The Bertz CT molecular complexity index is 1210. The summed E-state index contributed by atoms with van der Waals surface area (Å²) in [5.41, 5.74) is 2.51. The zero-order valence-corrected chi connectivity index (χ0v) is 15.7. The third-order valence-corrected chi connectivity index (χ3v) is 4.83. The lowest BCUT2D eigenvalue weighted by Gasteiger charge is -2.15. The number of amides is 1. The van der Waals surface area contributed by atoms with Crippen molar-refractivity contribution >= 4 is 33.8 Å². The quantitative estimate of drug-likeness (QED) is 0.437. The molecule has 0 spiro atoms. The van der Waals surface area contributed by atoms with Crippen molar-refractivity contribution in [3.63, 3.8) is 0 Å². The van der Waals surface area contributed by atoms with E-state index >= 15 is 0 Å². The van der Waals surface area contributed by atoms with E-state index in [1.54, 1.807) is 63.4 Å². The largest absolute Gasteiger partial charge is 0.618 e. The van der Waals surface area contributed by atoms with Gasteiger partial charge in [-0.3, -0.25) is 9.69 Å². The standard InChI is InChI=1S/C21H19N3O4/c1-12-20(22-16-6-4-5-7-17(16)24(12)27)21(26)23(3)19-11-15-10-14(13(2)25)8-9-18(15)28-19/h4-11,13,25H,1-3H3. The molecule has 0 bridgehead atoms. The van der Waals surface area contributed by atoms with Crippen molar-refractivity contribution in [2.45, 2.75) is 20.0 Å². The smallest absolute Gasteiger partial charge is 0.285 e. The molecular weight excluding hydrogens is 358 g/mol. The van der Waals surface area contributed by atoms with E-state index in [4.69, 9.17) is 4.42 Å². The van der Waals surface area contributed by atoms with Crippen LogP contribution in [0.2, 0.25) is 0 Å². The lowest BCUT2D eigenvalue weighted by Crippen LogP contribution is -2.37. The second-order valence-corrected chi connectivity index (χ2v) is 6.75. The Kier molecular flexibility index (Phi) is 4.24. The van der Waals surface area contributed by atoms with E-state index in [1.807, 2.05) is 6.07 Å². The van der Waals surface area contributed by atoms with Crippen molar-refractivity contribution in [2.75, 3.05) is 11.9 Å². The molecule has 4 rings (SSSR count). The van der Waals surface area contributed by atoms with Crippen LogP contribution in [0.15, 0.2) is 52.9 Å². The highest BCUT2D eigenvalue weighted by Crippen LogP contribution is 2.29. The summed E-state index contributed by atoms with van der Waals surface area (Å²) in [6, 6.07) is 13.9. The fourth-order valence-electron chi connectivity index (χ4n) is 3.14. The second-order valence-electron chi connectivity index (χ2n) is 6.75. The van der Waals surface area contributed by atoms with Crippen LogP contribution in [0.4, 0.5) is 5.88 Å². The fourth-order valence-corrected chi connectivity index (χ4v) is 3.14. The minimum absolute atomic E-state index is 0.0707. The maximum absolute atomic E-state index is 13.0. The average Bonchev–Trinajstić information content (AvgIpc) is 3.12. The predicted octanol–water partition coefficient (Wildman–Crippen LogP) is 3.25. The Morgan fingerprint density at radius 3 is 2.75 bits per heavy atom. The third kappa shape index (κ3) is 2.86. The third-order valence-electron chi connectivity index (χ3n) is 4.83. The second kappa shape index (κ2) is 6.61. The molecule has 0 fully saturated rings. The minimum Gasteiger partial charge on any atom is -0.618 e. The number of rotatable bonds is 3. The van der Waals surface area contributed by atoms with Crippen LogP contribution in [0.5, 0.6) is 0 Å². The number of aromatic nitrogens is 2. The van der Waals surface area contributed by atoms with Crippen LogP contribution in [-0.4, -0.2) is 23.0 Å². The number of carbonyl (C=O) groups excluding carboxylic acids is 1. The first-order chi connectivity index (χ1) is 13.4. The lowest BCUT2D eigenvalue weighted by atomic mass is 10.1. The normalized spacial score (nSPS) is 12.4. The lowest BCUT2D eigenvalue weighted by molar-refractivity contribution is -0.584. The topological polar surface area (TPSA) is 93.5 Å². The van der Waals surface area contributed by atoms with E-state index in [2.05, 4.69) is 4.98 Å². The molecule has 4 aromatic rings. The average molecular weight is 377 g/mol. The molecule has 2 heterocycles. The van der Waals surface area contributed by atoms with Crippen LogP contribution < -0.4 is 9.63 Å². The maximum atomic E-state index is 13.0. The Morgan fingerprint density at radius 2 is 2.00 bits per heavy atom. The first-order valence-electron chi connectivity index (χ1n) is 8.85. The van der Waals surface area contributed by atoms with Crippen LogP contribution in [0.25, 0.3) is 22.0 Å². The summed E-state index contributed by atoms with van der Waals surface area (Å²) >= 11 is 0. The van der Waals surface area contributed by atoms with E-state index in [-0.39, 0.29) is 11.4 Å². The van der Waals surface area contributed by atoms with E-state index in [9.17, 15) is 15.1 Å². The summed E-state index contributed by atoms with van der Waals surface area (Å²) in [5, 5.41) is 23.0. The Hall–Kier alpha value is -3.45. The molecule has 0 aliphatic heterocycles. The number of carbonyl (C=O) groups is 1. The highest BCUT2D eigenvalue weighted by atomic mass is 16.5. The summed E-state index contributed by atoms with van der Waals surface area (Å²) in [6.07, 6.45) is -0.598. The number of para-hydroxylation sites is 2. The monoisotopic (exact) mass is 377 g/mol. The Morgan fingerprint density at radius 1 is 1.25 bits per heavy atom. The number of hydrogen-bond acceptors (Lipinski definition) is 5. The number of anilines is 1. The molecule has 1 unspecified atom stereocenters. The van der Waals surface area contributed by atoms with Gasteiger partial charge in [0.05, 0.1) is 6.10 Å². The number of aliphatic hydroxyl groups is 1. The summed E-state index contributed by atoms with van der Waals surface area (Å²) in [6.45, 7) is 3.26. The van der Waals surface area contributed by atoms with Gasteiger partial charge in [-0.15, -0.1) is 0 Å². The zero-order chi connectivity index (χ0) is 20.0.